The van der Waals surface area contributed by atoms with Crippen molar-refractivity contribution in [3.63, 3.8) is 0 Å². The molecule has 0 amide bonds. The van der Waals surface area contributed by atoms with Crippen LogP contribution in [0.5, 0.6) is 0 Å². The van der Waals surface area contributed by atoms with Crippen LogP contribution in [0.25, 0.3) is 0 Å². The number of rotatable bonds is 3. The first-order chi connectivity index (χ1) is 7.53. The zero-order chi connectivity index (χ0) is 12.0. The molecule has 0 bridgehead atoms. The molecule has 0 aromatic carbocycles. The Morgan fingerprint density at radius 3 is 2.88 bits per heavy atom. The molecule has 0 unspecified atom stereocenters. The summed E-state index contributed by atoms with van der Waals surface area (Å²) in [5.74, 6) is 5.27. The van der Waals surface area contributed by atoms with Crippen LogP contribution in [0.4, 0.5) is 0 Å². The van der Waals surface area contributed by atoms with Crippen molar-refractivity contribution in [1.82, 2.24) is 0 Å². The van der Waals surface area contributed by atoms with E-state index >= 15 is 0 Å². The Hall–Kier alpha value is -0.560. The zero-order valence-corrected chi connectivity index (χ0v) is 10.5. The van der Waals surface area contributed by atoms with Crippen molar-refractivity contribution >= 4 is 0 Å². The molecule has 0 aliphatic carbocycles. The predicted octanol–water partition coefficient (Wildman–Crippen LogP) is 2.08. The van der Waals surface area contributed by atoms with Gasteiger partial charge in [0.25, 0.3) is 0 Å². The zero-order valence-electron chi connectivity index (χ0n) is 10.5. The van der Waals surface area contributed by atoms with Gasteiger partial charge in [-0.2, -0.15) is 0 Å². The Morgan fingerprint density at radius 2 is 2.25 bits per heavy atom. The van der Waals surface area contributed by atoms with Crippen molar-refractivity contribution in [2.45, 2.75) is 64.4 Å². The van der Waals surface area contributed by atoms with Gasteiger partial charge in [-0.1, -0.05) is 12.8 Å². The molecule has 1 fully saturated rings. The SMILES string of the molecule is CCCC#C[C@H](O)C[C@H]1CCOC(C)(C)O1. The summed E-state index contributed by atoms with van der Waals surface area (Å²) in [7, 11) is 0. The van der Waals surface area contributed by atoms with Crippen LogP contribution in [0.2, 0.25) is 0 Å². The minimum atomic E-state index is -0.578. The highest BCUT2D eigenvalue weighted by atomic mass is 16.7. The lowest BCUT2D eigenvalue weighted by molar-refractivity contribution is -0.275. The second kappa shape index (κ2) is 6.24. The maximum absolute atomic E-state index is 9.70. The third-order valence-electron chi connectivity index (χ3n) is 2.47. The topological polar surface area (TPSA) is 38.7 Å². The Kier molecular flexibility index (Phi) is 5.27. The molecule has 0 aromatic rings. The number of hydrogen-bond acceptors (Lipinski definition) is 3. The van der Waals surface area contributed by atoms with Crippen LogP contribution in [-0.2, 0) is 9.47 Å². The molecule has 3 heteroatoms. The molecule has 3 nitrogen and oxygen atoms in total. The van der Waals surface area contributed by atoms with Gasteiger partial charge in [0.15, 0.2) is 5.79 Å². The normalized spacial score (nSPS) is 25.6. The lowest BCUT2D eigenvalue weighted by Crippen LogP contribution is -2.40. The van der Waals surface area contributed by atoms with Gasteiger partial charge in [0.05, 0.1) is 12.7 Å². The maximum atomic E-state index is 9.70. The predicted molar refractivity (Wildman–Crippen MR) is 62.8 cm³/mol. The molecule has 1 aliphatic rings. The number of aliphatic hydroxyl groups is 1. The summed E-state index contributed by atoms with van der Waals surface area (Å²) < 4.78 is 11.1. The highest BCUT2D eigenvalue weighted by Crippen LogP contribution is 2.24. The summed E-state index contributed by atoms with van der Waals surface area (Å²) >= 11 is 0. The standard InChI is InChI=1S/C13H22O3/c1-4-5-6-7-11(14)10-12-8-9-15-13(2,3)16-12/h11-12,14H,4-5,8-10H2,1-3H3/t11-,12+/m0/s1. The van der Waals surface area contributed by atoms with E-state index in [0.29, 0.717) is 13.0 Å². The average molecular weight is 226 g/mol. The maximum Gasteiger partial charge on any atom is 0.163 e. The van der Waals surface area contributed by atoms with Crippen LogP contribution in [0.15, 0.2) is 0 Å². The fraction of sp³-hybridized carbons (Fsp3) is 0.846. The van der Waals surface area contributed by atoms with Crippen LogP contribution in [0, 0.1) is 11.8 Å². The van der Waals surface area contributed by atoms with Crippen molar-refractivity contribution in [2.75, 3.05) is 6.61 Å². The molecule has 1 rings (SSSR count). The van der Waals surface area contributed by atoms with Crippen LogP contribution >= 0.6 is 0 Å². The van der Waals surface area contributed by atoms with Gasteiger partial charge in [-0.05, 0) is 26.7 Å². The van der Waals surface area contributed by atoms with E-state index in [9.17, 15) is 5.11 Å². The number of ether oxygens (including phenoxy) is 2. The van der Waals surface area contributed by atoms with E-state index < -0.39 is 11.9 Å². The van der Waals surface area contributed by atoms with Crippen LogP contribution in [-0.4, -0.2) is 29.7 Å². The van der Waals surface area contributed by atoms with Crippen molar-refractivity contribution < 1.29 is 14.6 Å². The number of unbranched alkanes of at least 4 members (excludes halogenated alkanes) is 1. The van der Waals surface area contributed by atoms with Gasteiger partial charge in [0.2, 0.25) is 0 Å². The quantitative estimate of drug-likeness (QED) is 0.749. The highest BCUT2D eigenvalue weighted by Gasteiger charge is 2.30. The van der Waals surface area contributed by atoms with E-state index in [4.69, 9.17) is 9.47 Å². The van der Waals surface area contributed by atoms with E-state index in [1.165, 1.54) is 0 Å². The Morgan fingerprint density at radius 1 is 1.50 bits per heavy atom. The summed E-state index contributed by atoms with van der Waals surface area (Å²) in [6.07, 6.45) is 2.75. The Bertz CT molecular complexity index is 262. The summed E-state index contributed by atoms with van der Waals surface area (Å²) in [5, 5.41) is 9.70. The fourth-order valence-corrected chi connectivity index (χ4v) is 1.72. The molecule has 16 heavy (non-hydrogen) atoms. The molecule has 92 valence electrons. The van der Waals surface area contributed by atoms with Gasteiger partial charge in [-0.3, -0.25) is 0 Å². The smallest absolute Gasteiger partial charge is 0.163 e. The molecule has 0 saturated carbocycles. The second-order valence-corrected chi connectivity index (χ2v) is 4.60. The number of hydrogen-bond donors (Lipinski definition) is 1. The van der Waals surface area contributed by atoms with E-state index in [0.717, 1.165) is 19.3 Å². The van der Waals surface area contributed by atoms with Crippen LogP contribution < -0.4 is 0 Å². The first kappa shape index (κ1) is 13.5. The van der Waals surface area contributed by atoms with Crippen molar-refractivity contribution in [2.24, 2.45) is 0 Å². The van der Waals surface area contributed by atoms with Crippen LogP contribution in [0.1, 0.15) is 46.5 Å². The molecular weight excluding hydrogens is 204 g/mol. The van der Waals surface area contributed by atoms with Crippen molar-refractivity contribution in [3.8, 4) is 11.8 Å². The molecule has 0 radical (unpaired) electrons. The summed E-state index contributed by atoms with van der Waals surface area (Å²) in [5.41, 5.74) is 0. The molecule has 1 heterocycles. The third kappa shape index (κ3) is 4.98. The average Bonchev–Trinajstić information content (AvgIpc) is 2.16. The summed E-state index contributed by atoms with van der Waals surface area (Å²) in [6.45, 7) is 6.56. The molecule has 2 atom stereocenters. The monoisotopic (exact) mass is 226 g/mol. The van der Waals surface area contributed by atoms with Crippen molar-refractivity contribution in [1.29, 1.82) is 0 Å². The van der Waals surface area contributed by atoms with E-state index in [1.54, 1.807) is 0 Å². The van der Waals surface area contributed by atoms with Gasteiger partial charge in [-0.25, -0.2) is 0 Å². The van der Waals surface area contributed by atoms with E-state index in [2.05, 4.69) is 18.8 Å². The Labute approximate surface area is 98.1 Å². The van der Waals surface area contributed by atoms with Crippen LogP contribution in [0.3, 0.4) is 0 Å². The van der Waals surface area contributed by atoms with Gasteiger partial charge in [-0.15, -0.1) is 5.92 Å². The minimum absolute atomic E-state index is 0.0506. The highest BCUT2D eigenvalue weighted by molar-refractivity contribution is 5.04. The third-order valence-corrected chi connectivity index (χ3v) is 2.47. The fourth-order valence-electron chi connectivity index (χ4n) is 1.72. The van der Waals surface area contributed by atoms with Gasteiger partial charge in [0.1, 0.15) is 6.10 Å². The van der Waals surface area contributed by atoms with Gasteiger partial charge in [0, 0.05) is 12.8 Å². The molecule has 0 aromatic heterocycles. The largest absolute Gasteiger partial charge is 0.380 e. The van der Waals surface area contributed by atoms with E-state index in [1.807, 2.05) is 13.8 Å². The minimum Gasteiger partial charge on any atom is -0.380 e. The molecule has 0 spiro atoms. The lowest BCUT2D eigenvalue weighted by atomic mass is 10.1. The first-order valence-corrected chi connectivity index (χ1v) is 6.01. The second-order valence-electron chi connectivity index (χ2n) is 4.60. The molecular formula is C13H22O3. The number of aliphatic hydroxyl groups excluding tert-OH is 1. The molecule has 1 aliphatic heterocycles. The molecule has 1 saturated heterocycles. The Balaban J connectivity index is 2.34. The molecule has 1 N–H and O–H groups in total. The van der Waals surface area contributed by atoms with E-state index in [-0.39, 0.29) is 6.10 Å². The van der Waals surface area contributed by atoms with Gasteiger partial charge < -0.3 is 14.6 Å². The van der Waals surface area contributed by atoms with Gasteiger partial charge >= 0.3 is 0 Å². The summed E-state index contributed by atoms with van der Waals surface area (Å²) in [4.78, 5) is 0. The van der Waals surface area contributed by atoms with Crippen molar-refractivity contribution in [3.05, 3.63) is 0 Å². The summed E-state index contributed by atoms with van der Waals surface area (Å²) in [6, 6.07) is 0. The first-order valence-electron chi connectivity index (χ1n) is 6.01. The lowest BCUT2D eigenvalue weighted by Gasteiger charge is -2.36.